The van der Waals surface area contributed by atoms with E-state index in [-0.39, 0.29) is 0 Å². The molecule has 22 heavy (non-hydrogen) atoms. The lowest BCUT2D eigenvalue weighted by molar-refractivity contribution is 0.414. The van der Waals surface area contributed by atoms with Crippen molar-refractivity contribution in [3.63, 3.8) is 0 Å². The second kappa shape index (κ2) is 7.06. The average Bonchev–Trinajstić information content (AvgIpc) is 3.10. The van der Waals surface area contributed by atoms with Crippen LogP contribution in [-0.4, -0.2) is 41.9 Å². The largest absolute Gasteiger partial charge is 0.497 e. The van der Waals surface area contributed by atoms with Crippen molar-refractivity contribution in [2.45, 2.75) is 19.3 Å². The van der Waals surface area contributed by atoms with E-state index in [1.54, 1.807) is 13.3 Å². The first-order valence-corrected chi connectivity index (χ1v) is 7.66. The maximum Gasteiger partial charge on any atom is 0.244 e. The fourth-order valence-electron chi connectivity index (χ4n) is 2.62. The summed E-state index contributed by atoms with van der Waals surface area (Å²) in [6.45, 7) is 2.88. The lowest BCUT2D eigenvalue weighted by atomic mass is 10.1. The van der Waals surface area contributed by atoms with Gasteiger partial charge >= 0.3 is 0 Å². The fourth-order valence-corrected chi connectivity index (χ4v) is 2.62. The standard InChI is InChI=1S/C16H21N5O/c1-22-14-6-4-5-13(11-14)7-8-17-16-19-15(12-18-20-16)21-9-2-3-10-21/h4-6,11-12H,2-3,7-10H2,1H3,(H,17,19,20). The highest BCUT2D eigenvalue weighted by molar-refractivity contribution is 5.41. The van der Waals surface area contributed by atoms with Gasteiger partial charge in [-0.2, -0.15) is 10.1 Å². The lowest BCUT2D eigenvalue weighted by Crippen LogP contribution is -2.20. The smallest absolute Gasteiger partial charge is 0.244 e. The molecule has 6 heteroatoms. The van der Waals surface area contributed by atoms with Gasteiger partial charge in [-0.15, -0.1) is 5.10 Å². The van der Waals surface area contributed by atoms with Crippen molar-refractivity contribution in [2.24, 2.45) is 0 Å². The molecule has 0 spiro atoms. The molecule has 1 aliphatic rings. The third kappa shape index (κ3) is 3.63. The van der Waals surface area contributed by atoms with Gasteiger partial charge in [-0.3, -0.25) is 0 Å². The molecule has 1 N–H and O–H groups in total. The molecule has 0 radical (unpaired) electrons. The molecule has 0 bridgehead atoms. The quantitative estimate of drug-likeness (QED) is 0.881. The maximum absolute atomic E-state index is 5.23. The van der Waals surface area contributed by atoms with Crippen LogP contribution in [0.15, 0.2) is 30.5 Å². The van der Waals surface area contributed by atoms with Crippen molar-refractivity contribution in [1.82, 2.24) is 15.2 Å². The molecule has 1 aliphatic heterocycles. The van der Waals surface area contributed by atoms with Gasteiger partial charge < -0.3 is 15.0 Å². The Balaban J connectivity index is 1.55. The summed E-state index contributed by atoms with van der Waals surface area (Å²) in [5.74, 6) is 2.38. The molecule has 0 atom stereocenters. The number of rotatable bonds is 6. The molecule has 0 amide bonds. The van der Waals surface area contributed by atoms with Gasteiger partial charge in [0.05, 0.1) is 13.3 Å². The molecule has 1 aromatic heterocycles. The second-order valence-electron chi connectivity index (χ2n) is 5.36. The van der Waals surface area contributed by atoms with Crippen LogP contribution in [0.3, 0.4) is 0 Å². The van der Waals surface area contributed by atoms with Gasteiger partial charge in [0.2, 0.25) is 5.95 Å². The molecule has 2 aromatic rings. The highest BCUT2D eigenvalue weighted by Crippen LogP contribution is 2.17. The average molecular weight is 299 g/mol. The lowest BCUT2D eigenvalue weighted by Gasteiger charge is -2.15. The van der Waals surface area contributed by atoms with Crippen molar-refractivity contribution in [3.8, 4) is 5.75 Å². The first-order valence-electron chi connectivity index (χ1n) is 7.66. The van der Waals surface area contributed by atoms with Gasteiger partial charge in [-0.1, -0.05) is 12.1 Å². The Morgan fingerprint density at radius 1 is 1.27 bits per heavy atom. The van der Waals surface area contributed by atoms with Gasteiger partial charge in [0.25, 0.3) is 0 Å². The topological polar surface area (TPSA) is 63.2 Å². The zero-order valence-electron chi connectivity index (χ0n) is 12.8. The molecule has 1 fully saturated rings. The Morgan fingerprint density at radius 3 is 2.95 bits per heavy atom. The van der Waals surface area contributed by atoms with Crippen molar-refractivity contribution >= 4 is 11.8 Å². The Labute approximate surface area is 130 Å². The van der Waals surface area contributed by atoms with Gasteiger partial charge in [-0.25, -0.2) is 0 Å². The number of aromatic nitrogens is 3. The molecule has 6 nitrogen and oxygen atoms in total. The number of nitrogens with zero attached hydrogens (tertiary/aromatic N) is 4. The van der Waals surface area contributed by atoms with E-state index in [9.17, 15) is 0 Å². The van der Waals surface area contributed by atoms with Gasteiger partial charge in [0, 0.05) is 19.6 Å². The Hall–Kier alpha value is -2.37. The first kappa shape index (κ1) is 14.6. The van der Waals surface area contributed by atoms with Crippen molar-refractivity contribution in [2.75, 3.05) is 37.0 Å². The molecule has 3 rings (SSSR count). The fraction of sp³-hybridized carbons (Fsp3) is 0.438. The van der Waals surface area contributed by atoms with E-state index < -0.39 is 0 Å². The van der Waals surface area contributed by atoms with E-state index in [0.29, 0.717) is 5.95 Å². The predicted molar refractivity (Wildman–Crippen MR) is 86.5 cm³/mol. The summed E-state index contributed by atoms with van der Waals surface area (Å²) in [6.07, 6.45) is 5.07. The van der Waals surface area contributed by atoms with Crippen molar-refractivity contribution < 1.29 is 4.74 Å². The zero-order valence-corrected chi connectivity index (χ0v) is 12.8. The Kier molecular flexibility index (Phi) is 4.68. The molecular weight excluding hydrogens is 278 g/mol. The first-order chi connectivity index (χ1) is 10.8. The van der Waals surface area contributed by atoms with E-state index in [0.717, 1.165) is 37.6 Å². The van der Waals surface area contributed by atoms with Crippen LogP contribution < -0.4 is 15.0 Å². The number of benzene rings is 1. The van der Waals surface area contributed by atoms with Crippen LogP contribution in [0.5, 0.6) is 5.75 Å². The minimum absolute atomic E-state index is 0.590. The van der Waals surface area contributed by atoms with E-state index in [2.05, 4.69) is 31.5 Å². The van der Waals surface area contributed by atoms with Crippen LogP contribution in [0.25, 0.3) is 0 Å². The molecule has 0 aliphatic carbocycles. The van der Waals surface area contributed by atoms with Crippen LogP contribution in [0.1, 0.15) is 18.4 Å². The molecule has 0 unspecified atom stereocenters. The molecule has 116 valence electrons. The molecule has 1 saturated heterocycles. The van der Waals surface area contributed by atoms with Crippen LogP contribution in [0.2, 0.25) is 0 Å². The van der Waals surface area contributed by atoms with Crippen LogP contribution in [-0.2, 0) is 6.42 Å². The summed E-state index contributed by atoms with van der Waals surface area (Å²) in [5, 5.41) is 11.3. The maximum atomic E-state index is 5.23. The Morgan fingerprint density at radius 2 is 2.14 bits per heavy atom. The summed E-state index contributed by atoms with van der Waals surface area (Å²) in [6, 6.07) is 8.08. The number of hydrogen-bond acceptors (Lipinski definition) is 6. The SMILES string of the molecule is COc1cccc(CCNc2nncc(N3CCCC3)n2)c1. The minimum Gasteiger partial charge on any atom is -0.497 e. The monoisotopic (exact) mass is 299 g/mol. The van der Waals surface area contributed by atoms with Crippen LogP contribution >= 0.6 is 0 Å². The van der Waals surface area contributed by atoms with E-state index in [4.69, 9.17) is 4.74 Å². The van der Waals surface area contributed by atoms with E-state index >= 15 is 0 Å². The van der Waals surface area contributed by atoms with Gasteiger partial charge in [0.15, 0.2) is 5.82 Å². The van der Waals surface area contributed by atoms with E-state index in [1.807, 2.05) is 18.2 Å². The minimum atomic E-state index is 0.590. The summed E-state index contributed by atoms with van der Waals surface area (Å²) in [7, 11) is 1.68. The van der Waals surface area contributed by atoms with Gasteiger partial charge in [0.1, 0.15) is 5.75 Å². The summed E-state index contributed by atoms with van der Waals surface area (Å²) in [5.41, 5.74) is 1.22. The second-order valence-corrected chi connectivity index (χ2v) is 5.36. The summed E-state index contributed by atoms with van der Waals surface area (Å²) < 4.78 is 5.23. The van der Waals surface area contributed by atoms with Crippen molar-refractivity contribution in [3.05, 3.63) is 36.0 Å². The number of ether oxygens (including phenoxy) is 1. The summed E-state index contributed by atoms with van der Waals surface area (Å²) in [4.78, 5) is 6.79. The molecule has 1 aromatic carbocycles. The third-order valence-corrected chi connectivity index (χ3v) is 3.81. The molecule has 2 heterocycles. The highest BCUT2D eigenvalue weighted by Gasteiger charge is 2.14. The highest BCUT2D eigenvalue weighted by atomic mass is 16.5. The van der Waals surface area contributed by atoms with Gasteiger partial charge in [-0.05, 0) is 37.0 Å². The molecular formula is C16H21N5O. The normalized spacial score (nSPS) is 14.1. The Bertz CT molecular complexity index is 613. The number of hydrogen-bond donors (Lipinski definition) is 1. The van der Waals surface area contributed by atoms with Crippen LogP contribution in [0.4, 0.5) is 11.8 Å². The number of nitrogens with one attached hydrogen (secondary N) is 1. The summed E-state index contributed by atoms with van der Waals surface area (Å²) >= 11 is 0. The van der Waals surface area contributed by atoms with E-state index in [1.165, 1.54) is 18.4 Å². The van der Waals surface area contributed by atoms with Crippen LogP contribution in [0, 0.1) is 0 Å². The third-order valence-electron chi connectivity index (χ3n) is 3.81. The number of methoxy groups -OCH3 is 1. The zero-order chi connectivity index (χ0) is 15.2. The molecule has 0 saturated carbocycles. The predicted octanol–water partition coefficient (Wildman–Crippen LogP) is 2.13. The van der Waals surface area contributed by atoms with Crippen molar-refractivity contribution in [1.29, 1.82) is 0 Å². The number of anilines is 2.